The van der Waals surface area contributed by atoms with Gasteiger partial charge in [0.2, 0.25) is 0 Å². The maximum absolute atomic E-state index is 4.21. The van der Waals surface area contributed by atoms with Gasteiger partial charge in [-0.3, -0.25) is 0 Å². The topological polar surface area (TPSA) is 37.0 Å². The van der Waals surface area contributed by atoms with Crippen LogP contribution in [0.15, 0.2) is 22.8 Å². The summed E-state index contributed by atoms with van der Waals surface area (Å²) in [5, 5.41) is 6.50. The fourth-order valence-corrected chi connectivity index (χ4v) is 1.30. The van der Waals surface area contributed by atoms with Gasteiger partial charge in [0.1, 0.15) is 5.82 Å². The van der Waals surface area contributed by atoms with E-state index in [1.54, 1.807) is 6.20 Å². The van der Waals surface area contributed by atoms with Crippen LogP contribution in [0.5, 0.6) is 0 Å². The van der Waals surface area contributed by atoms with E-state index in [0.29, 0.717) is 6.04 Å². The lowest BCUT2D eigenvalue weighted by atomic mass is 10.2. The van der Waals surface area contributed by atoms with Crippen LogP contribution >= 0.6 is 40.7 Å². The van der Waals surface area contributed by atoms with Crippen molar-refractivity contribution in [2.75, 3.05) is 18.4 Å². The molecule has 1 aromatic heterocycles. The molecule has 0 atom stereocenters. The van der Waals surface area contributed by atoms with Crippen LogP contribution in [0.1, 0.15) is 0 Å². The van der Waals surface area contributed by atoms with E-state index in [2.05, 4.69) is 31.5 Å². The van der Waals surface area contributed by atoms with Crippen molar-refractivity contribution in [3.8, 4) is 0 Å². The van der Waals surface area contributed by atoms with Crippen molar-refractivity contribution in [2.24, 2.45) is 0 Å². The summed E-state index contributed by atoms with van der Waals surface area (Å²) in [6.07, 6.45) is 1.80. The highest BCUT2D eigenvalue weighted by Gasteiger charge is 2.15. The number of halogens is 3. The highest BCUT2D eigenvalue weighted by atomic mass is 79.9. The van der Waals surface area contributed by atoms with E-state index in [1.165, 1.54) is 0 Å². The molecule has 1 aliphatic rings. The third-order valence-electron chi connectivity index (χ3n) is 1.86. The maximum Gasteiger partial charge on any atom is 0.126 e. The largest absolute Gasteiger partial charge is 0.365 e. The second-order valence-corrected chi connectivity index (χ2v) is 3.78. The molecule has 6 heteroatoms. The summed E-state index contributed by atoms with van der Waals surface area (Å²) in [6, 6.07) is 4.52. The van der Waals surface area contributed by atoms with E-state index < -0.39 is 0 Å². The predicted octanol–water partition coefficient (Wildman–Crippen LogP) is 2.07. The Kier molecular flexibility index (Phi) is 6.44. The summed E-state index contributed by atoms with van der Waals surface area (Å²) < 4.78 is 1.01. The third-order valence-corrected chi connectivity index (χ3v) is 2.33. The zero-order chi connectivity index (χ0) is 8.39. The van der Waals surface area contributed by atoms with Gasteiger partial charge in [0.25, 0.3) is 0 Å². The van der Waals surface area contributed by atoms with Crippen molar-refractivity contribution >= 4 is 46.6 Å². The van der Waals surface area contributed by atoms with Crippen LogP contribution in [0.25, 0.3) is 0 Å². The van der Waals surface area contributed by atoms with Gasteiger partial charge in [0.05, 0.1) is 6.04 Å². The summed E-state index contributed by atoms with van der Waals surface area (Å²) in [4.78, 5) is 4.21. The van der Waals surface area contributed by atoms with E-state index in [1.807, 2.05) is 12.1 Å². The number of rotatable bonds is 2. The lowest BCUT2D eigenvalue weighted by molar-refractivity contribution is 0.471. The van der Waals surface area contributed by atoms with Crippen molar-refractivity contribution in [3.05, 3.63) is 22.8 Å². The minimum absolute atomic E-state index is 0. The first kappa shape index (κ1) is 14.0. The molecule has 0 bridgehead atoms. The molecule has 0 aromatic carbocycles. The summed E-state index contributed by atoms with van der Waals surface area (Å²) in [5.74, 6) is 0.949. The molecule has 1 aliphatic heterocycles. The van der Waals surface area contributed by atoms with Gasteiger partial charge in [0.15, 0.2) is 0 Å². The van der Waals surface area contributed by atoms with Gasteiger partial charge in [0, 0.05) is 23.8 Å². The zero-order valence-corrected chi connectivity index (χ0v) is 10.6. The van der Waals surface area contributed by atoms with E-state index in [0.717, 1.165) is 23.4 Å². The second-order valence-electron chi connectivity index (χ2n) is 2.86. The number of hydrogen-bond acceptors (Lipinski definition) is 3. The first-order valence-corrected chi connectivity index (χ1v) is 4.73. The molecule has 3 nitrogen and oxygen atoms in total. The minimum Gasteiger partial charge on any atom is -0.365 e. The van der Waals surface area contributed by atoms with Crippen LogP contribution < -0.4 is 10.6 Å². The molecule has 80 valence electrons. The fraction of sp³-hybridized carbons (Fsp3) is 0.375. The molecular weight excluding hydrogens is 289 g/mol. The lowest BCUT2D eigenvalue weighted by Gasteiger charge is -2.28. The number of aromatic nitrogens is 1. The normalized spacial score (nSPS) is 14.6. The molecular formula is C8H12BrCl2N3. The number of anilines is 1. The molecule has 0 aliphatic carbocycles. The monoisotopic (exact) mass is 299 g/mol. The Hall–Kier alpha value is -0.0300. The fourth-order valence-electron chi connectivity index (χ4n) is 1.06. The molecule has 2 rings (SSSR count). The molecule has 0 amide bonds. The van der Waals surface area contributed by atoms with Crippen LogP contribution in [-0.4, -0.2) is 24.1 Å². The van der Waals surface area contributed by atoms with Crippen molar-refractivity contribution in [1.29, 1.82) is 0 Å². The molecule has 1 fully saturated rings. The van der Waals surface area contributed by atoms with E-state index in [-0.39, 0.29) is 24.8 Å². The van der Waals surface area contributed by atoms with Gasteiger partial charge in [-0.25, -0.2) is 4.98 Å². The Morgan fingerprint density at radius 3 is 2.50 bits per heavy atom. The van der Waals surface area contributed by atoms with Gasteiger partial charge >= 0.3 is 0 Å². The lowest BCUT2D eigenvalue weighted by Crippen LogP contribution is -2.51. The second kappa shape index (κ2) is 6.45. The van der Waals surface area contributed by atoms with Crippen molar-refractivity contribution < 1.29 is 0 Å². The Bertz CT molecular complexity index is 264. The first-order valence-electron chi connectivity index (χ1n) is 3.93. The average molecular weight is 301 g/mol. The Balaban J connectivity index is 0.000000845. The molecule has 14 heavy (non-hydrogen) atoms. The van der Waals surface area contributed by atoms with Gasteiger partial charge < -0.3 is 10.6 Å². The number of nitrogens with zero attached hydrogens (tertiary/aromatic N) is 1. The smallest absolute Gasteiger partial charge is 0.126 e. The molecule has 0 saturated carbocycles. The molecule has 0 unspecified atom stereocenters. The third kappa shape index (κ3) is 3.61. The number of pyridine rings is 1. The van der Waals surface area contributed by atoms with E-state index >= 15 is 0 Å². The van der Waals surface area contributed by atoms with Crippen LogP contribution in [0.4, 0.5) is 5.82 Å². The standard InChI is InChI=1S/C8H10BrN3.2ClH/c9-6-1-2-8(11-3-6)12-7-4-10-5-7;;/h1-3,7,10H,4-5H2,(H,11,12);2*1H. The molecule has 0 radical (unpaired) electrons. The quantitative estimate of drug-likeness (QED) is 0.878. The van der Waals surface area contributed by atoms with Gasteiger partial charge in [-0.05, 0) is 28.1 Å². The predicted molar refractivity (Wildman–Crippen MR) is 66.7 cm³/mol. The van der Waals surface area contributed by atoms with E-state index in [4.69, 9.17) is 0 Å². The van der Waals surface area contributed by atoms with Crippen LogP contribution in [0.3, 0.4) is 0 Å². The highest BCUT2D eigenvalue weighted by molar-refractivity contribution is 9.10. The summed E-state index contributed by atoms with van der Waals surface area (Å²) in [7, 11) is 0. The molecule has 0 spiro atoms. The Labute approximate surface area is 104 Å². The van der Waals surface area contributed by atoms with Gasteiger partial charge in [-0.2, -0.15) is 0 Å². The van der Waals surface area contributed by atoms with Crippen LogP contribution in [0.2, 0.25) is 0 Å². The zero-order valence-electron chi connectivity index (χ0n) is 7.37. The molecule has 2 heterocycles. The average Bonchev–Trinajstić information content (AvgIpc) is 2.00. The Morgan fingerprint density at radius 1 is 1.36 bits per heavy atom. The summed E-state index contributed by atoms with van der Waals surface area (Å²) >= 11 is 3.34. The van der Waals surface area contributed by atoms with Crippen LogP contribution in [-0.2, 0) is 0 Å². The molecule has 1 saturated heterocycles. The van der Waals surface area contributed by atoms with Gasteiger partial charge in [-0.15, -0.1) is 24.8 Å². The summed E-state index contributed by atoms with van der Waals surface area (Å²) in [5.41, 5.74) is 0. The summed E-state index contributed by atoms with van der Waals surface area (Å²) in [6.45, 7) is 2.08. The van der Waals surface area contributed by atoms with Crippen LogP contribution in [0, 0.1) is 0 Å². The number of nitrogens with one attached hydrogen (secondary N) is 2. The number of hydrogen-bond donors (Lipinski definition) is 2. The van der Waals surface area contributed by atoms with Crippen molar-refractivity contribution in [3.63, 3.8) is 0 Å². The molecule has 2 N–H and O–H groups in total. The SMILES string of the molecule is Brc1ccc(NC2CNC2)nc1.Cl.Cl. The van der Waals surface area contributed by atoms with Crippen molar-refractivity contribution in [2.45, 2.75) is 6.04 Å². The Morgan fingerprint density at radius 2 is 2.07 bits per heavy atom. The minimum atomic E-state index is 0. The highest BCUT2D eigenvalue weighted by Crippen LogP contribution is 2.11. The van der Waals surface area contributed by atoms with E-state index in [9.17, 15) is 0 Å². The maximum atomic E-state index is 4.21. The van der Waals surface area contributed by atoms with Crippen molar-refractivity contribution in [1.82, 2.24) is 10.3 Å². The molecule has 1 aromatic rings. The first-order chi connectivity index (χ1) is 5.84. The van der Waals surface area contributed by atoms with Gasteiger partial charge in [-0.1, -0.05) is 0 Å².